The molecular formula is C20H28O3. The number of ether oxygens (including phenoxy) is 1. The number of benzene rings is 1. The normalized spacial score (nSPS) is 30.5. The molecule has 2 aliphatic carbocycles. The van der Waals surface area contributed by atoms with Crippen molar-refractivity contribution in [2.45, 2.75) is 64.4 Å². The molecule has 3 nitrogen and oxygen atoms in total. The van der Waals surface area contributed by atoms with E-state index in [9.17, 15) is 9.90 Å². The lowest BCUT2D eigenvalue weighted by Crippen LogP contribution is -2.35. The van der Waals surface area contributed by atoms with E-state index in [2.05, 4.69) is 6.92 Å². The van der Waals surface area contributed by atoms with Crippen LogP contribution in [-0.2, 0) is 4.74 Å². The largest absolute Gasteiger partial charge is 0.508 e. The van der Waals surface area contributed by atoms with Crippen LogP contribution >= 0.6 is 0 Å². The van der Waals surface area contributed by atoms with Gasteiger partial charge < -0.3 is 9.84 Å². The summed E-state index contributed by atoms with van der Waals surface area (Å²) >= 11 is 0. The summed E-state index contributed by atoms with van der Waals surface area (Å²) in [6, 6.07) is 6.31. The van der Waals surface area contributed by atoms with Gasteiger partial charge in [0.05, 0.1) is 5.56 Å². The molecule has 1 aromatic carbocycles. The maximum atomic E-state index is 12.2. The highest BCUT2D eigenvalue weighted by atomic mass is 16.5. The van der Waals surface area contributed by atoms with Crippen LogP contribution in [0.2, 0.25) is 0 Å². The van der Waals surface area contributed by atoms with Crippen molar-refractivity contribution in [2.75, 3.05) is 0 Å². The molecule has 23 heavy (non-hydrogen) atoms. The minimum Gasteiger partial charge on any atom is -0.508 e. The summed E-state index contributed by atoms with van der Waals surface area (Å²) < 4.78 is 5.72. The molecule has 0 unspecified atom stereocenters. The van der Waals surface area contributed by atoms with E-state index in [1.165, 1.54) is 50.7 Å². The van der Waals surface area contributed by atoms with Gasteiger partial charge in [-0.3, -0.25) is 0 Å². The van der Waals surface area contributed by atoms with E-state index < -0.39 is 0 Å². The standard InChI is InChI=1S/C20H28O3/c1-2-3-14-4-5-17-13-19(11-8-16(17)12-14)23-20(22)15-6-9-18(21)10-7-15/h6-7,9-10,14,16-17,19,21H,2-5,8,11-13H2,1H3/t14-,16-,17-,19-/m1/s1. The van der Waals surface area contributed by atoms with Crippen LogP contribution in [0, 0.1) is 17.8 Å². The Morgan fingerprint density at radius 3 is 2.52 bits per heavy atom. The molecular weight excluding hydrogens is 288 g/mol. The third-order valence-corrected chi connectivity index (χ3v) is 5.75. The predicted octanol–water partition coefficient (Wildman–Crippen LogP) is 4.93. The van der Waals surface area contributed by atoms with Crippen LogP contribution in [0.3, 0.4) is 0 Å². The first-order chi connectivity index (χ1) is 11.2. The number of esters is 1. The Morgan fingerprint density at radius 2 is 1.78 bits per heavy atom. The van der Waals surface area contributed by atoms with Gasteiger partial charge in [0.15, 0.2) is 0 Å². The maximum absolute atomic E-state index is 12.2. The van der Waals surface area contributed by atoms with E-state index in [4.69, 9.17) is 4.74 Å². The van der Waals surface area contributed by atoms with E-state index >= 15 is 0 Å². The van der Waals surface area contributed by atoms with Crippen LogP contribution in [0.1, 0.15) is 68.6 Å². The monoisotopic (exact) mass is 316 g/mol. The first-order valence-electron chi connectivity index (χ1n) is 9.15. The molecule has 0 aliphatic heterocycles. The van der Waals surface area contributed by atoms with Gasteiger partial charge >= 0.3 is 5.97 Å². The summed E-state index contributed by atoms with van der Waals surface area (Å²) in [7, 11) is 0. The fraction of sp³-hybridized carbons (Fsp3) is 0.650. The molecule has 0 aromatic heterocycles. The number of hydrogen-bond donors (Lipinski definition) is 1. The van der Waals surface area contributed by atoms with Crippen molar-refractivity contribution in [2.24, 2.45) is 17.8 Å². The smallest absolute Gasteiger partial charge is 0.338 e. The Bertz CT molecular complexity index is 522. The molecule has 0 spiro atoms. The van der Waals surface area contributed by atoms with E-state index in [0.717, 1.165) is 30.6 Å². The Balaban J connectivity index is 1.52. The zero-order valence-electron chi connectivity index (χ0n) is 14.0. The summed E-state index contributed by atoms with van der Waals surface area (Å²) in [6.07, 6.45) is 10.0. The summed E-state index contributed by atoms with van der Waals surface area (Å²) in [6.45, 7) is 2.28. The number of carbonyl (C=O) groups excluding carboxylic acids is 1. The van der Waals surface area contributed by atoms with Gasteiger partial charge in [0.1, 0.15) is 11.9 Å². The van der Waals surface area contributed by atoms with Crippen molar-refractivity contribution in [3.63, 3.8) is 0 Å². The van der Waals surface area contributed by atoms with Crippen LogP contribution in [-0.4, -0.2) is 17.2 Å². The van der Waals surface area contributed by atoms with Gasteiger partial charge in [-0.05, 0) is 74.1 Å². The summed E-state index contributed by atoms with van der Waals surface area (Å²) in [5, 5.41) is 9.30. The van der Waals surface area contributed by atoms with Gasteiger partial charge in [-0.1, -0.05) is 26.2 Å². The van der Waals surface area contributed by atoms with Gasteiger partial charge in [0.2, 0.25) is 0 Å². The number of fused-ring (bicyclic) bond motifs is 1. The predicted molar refractivity (Wildman–Crippen MR) is 90.4 cm³/mol. The van der Waals surface area contributed by atoms with Crippen molar-refractivity contribution in [3.05, 3.63) is 29.8 Å². The van der Waals surface area contributed by atoms with Crippen LogP contribution in [0.4, 0.5) is 0 Å². The highest BCUT2D eigenvalue weighted by Crippen LogP contribution is 2.44. The molecule has 0 radical (unpaired) electrons. The molecule has 3 rings (SSSR count). The van der Waals surface area contributed by atoms with Crippen LogP contribution in [0.25, 0.3) is 0 Å². The molecule has 2 aliphatic rings. The SMILES string of the molecule is CCC[C@@H]1CC[C@@H]2C[C@H](OC(=O)c3ccc(O)cc3)CC[C@@H]2C1. The Kier molecular flexibility index (Phi) is 5.24. The van der Waals surface area contributed by atoms with Gasteiger partial charge in [0, 0.05) is 0 Å². The van der Waals surface area contributed by atoms with Crippen molar-refractivity contribution in [1.82, 2.24) is 0 Å². The maximum Gasteiger partial charge on any atom is 0.338 e. The molecule has 0 heterocycles. The van der Waals surface area contributed by atoms with E-state index in [1.807, 2.05) is 0 Å². The first-order valence-corrected chi connectivity index (χ1v) is 9.15. The quantitative estimate of drug-likeness (QED) is 0.801. The average molecular weight is 316 g/mol. The van der Waals surface area contributed by atoms with Crippen molar-refractivity contribution in [1.29, 1.82) is 0 Å². The molecule has 0 bridgehead atoms. The summed E-state index contributed by atoms with van der Waals surface area (Å²) in [4.78, 5) is 12.2. The molecule has 0 amide bonds. The third-order valence-electron chi connectivity index (χ3n) is 5.75. The van der Waals surface area contributed by atoms with E-state index in [0.29, 0.717) is 5.56 Å². The second-order valence-corrected chi connectivity index (χ2v) is 7.38. The number of aromatic hydroxyl groups is 1. The Hall–Kier alpha value is -1.51. The van der Waals surface area contributed by atoms with E-state index in [1.54, 1.807) is 12.1 Å². The molecule has 0 saturated heterocycles. The van der Waals surface area contributed by atoms with Crippen molar-refractivity contribution >= 4 is 5.97 Å². The average Bonchev–Trinajstić information content (AvgIpc) is 2.56. The molecule has 2 saturated carbocycles. The minimum absolute atomic E-state index is 0.0697. The topological polar surface area (TPSA) is 46.5 Å². The lowest BCUT2D eigenvalue weighted by atomic mass is 9.66. The number of carbonyl (C=O) groups is 1. The molecule has 126 valence electrons. The van der Waals surface area contributed by atoms with Gasteiger partial charge in [0.25, 0.3) is 0 Å². The number of phenolic OH excluding ortho intramolecular Hbond substituents is 1. The second kappa shape index (κ2) is 7.37. The lowest BCUT2D eigenvalue weighted by Gasteiger charge is -2.41. The zero-order valence-corrected chi connectivity index (χ0v) is 14.0. The van der Waals surface area contributed by atoms with Crippen LogP contribution < -0.4 is 0 Å². The Labute approximate surface area is 139 Å². The molecule has 1 N–H and O–H groups in total. The van der Waals surface area contributed by atoms with E-state index in [-0.39, 0.29) is 17.8 Å². The highest BCUT2D eigenvalue weighted by Gasteiger charge is 2.36. The molecule has 4 atom stereocenters. The van der Waals surface area contributed by atoms with Gasteiger partial charge in [-0.15, -0.1) is 0 Å². The third kappa shape index (κ3) is 4.07. The van der Waals surface area contributed by atoms with Crippen molar-refractivity contribution < 1.29 is 14.6 Å². The fourth-order valence-electron chi connectivity index (χ4n) is 4.54. The zero-order chi connectivity index (χ0) is 16.2. The van der Waals surface area contributed by atoms with Gasteiger partial charge in [-0.25, -0.2) is 4.79 Å². The second-order valence-electron chi connectivity index (χ2n) is 7.38. The van der Waals surface area contributed by atoms with Crippen LogP contribution in [0.15, 0.2) is 24.3 Å². The lowest BCUT2D eigenvalue weighted by molar-refractivity contribution is -0.00620. The molecule has 1 aromatic rings. The van der Waals surface area contributed by atoms with Crippen LogP contribution in [0.5, 0.6) is 5.75 Å². The highest BCUT2D eigenvalue weighted by molar-refractivity contribution is 5.89. The van der Waals surface area contributed by atoms with Crippen molar-refractivity contribution in [3.8, 4) is 5.75 Å². The molecule has 3 heteroatoms. The minimum atomic E-state index is -0.256. The Morgan fingerprint density at radius 1 is 1.09 bits per heavy atom. The fourth-order valence-corrected chi connectivity index (χ4v) is 4.54. The van der Waals surface area contributed by atoms with Gasteiger partial charge in [-0.2, -0.15) is 0 Å². The molecule has 2 fully saturated rings. The first kappa shape index (κ1) is 16.4. The number of phenols is 1. The summed E-state index contributed by atoms with van der Waals surface area (Å²) in [5.74, 6) is 2.44. The summed E-state index contributed by atoms with van der Waals surface area (Å²) in [5.41, 5.74) is 0.525. The number of hydrogen-bond acceptors (Lipinski definition) is 3. The number of rotatable bonds is 4.